The average molecular weight is 452 g/mol. The molecule has 0 aliphatic rings. The number of aromatic nitrogens is 3. The molecular weight excluding hydrogens is 430 g/mol. The number of para-hydroxylation sites is 1. The molecular formula is C24H22F2N4O3. The Kier molecular flexibility index (Phi) is 6.48. The molecule has 0 aliphatic heterocycles. The first-order chi connectivity index (χ1) is 16.0. The summed E-state index contributed by atoms with van der Waals surface area (Å²) in [5, 5.41) is 6.80. The Balaban J connectivity index is 1.62. The summed E-state index contributed by atoms with van der Waals surface area (Å²) in [6, 6.07) is 15.7. The van der Waals surface area contributed by atoms with Gasteiger partial charge in [-0.15, -0.1) is 0 Å². The Morgan fingerprint density at radius 3 is 2.55 bits per heavy atom. The molecule has 1 amide bonds. The zero-order chi connectivity index (χ0) is 23.4. The van der Waals surface area contributed by atoms with E-state index >= 15 is 0 Å². The number of ether oxygens (including phenoxy) is 2. The van der Waals surface area contributed by atoms with E-state index in [1.807, 2.05) is 24.3 Å². The highest BCUT2D eigenvalue weighted by molar-refractivity contribution is 5.99. The summed E-state index contributed by atoms with van der Waals surface area (Å²) in [4.78, 5) is 17.3. The van der Waals surface area contributed by atoms with Crippen molar-refractivity contribution in [2.45, 2.75) is 12.8 Å². The summed E-state index contributed by atoms with van der Waals surface area (Å²) >= 11 is 0. The van der Waals surface area contributed by atoms with Crippen LogP contribution in [-0.4, -0.2) is 41.3 Å². The summed E-state index contributed by atoms with van der Waals surface area (Å²) in [5.74, 6) is 0.919. The molecule has 0 aliphatic carbocycles. The number of alkyl halides is 2. The molecule has 0 unspecified atom stereocenters. The summed E-state index contributed by atoms with van der Waals surface area (Å²) in [6.07, 6.45) is -1.000. The molecule has 2 aromatic heterocycles. The number of nitrogens with one attached hydrogen (secondary N) is 1. The molecule has 0 bridgehead atoms. The SMILES string of the molecule is COc1ccc(-c2cc(C(F)F)n3ncc(C(=O)NCCc4ccccc4OC)c3n2)cc1. The van der Waals surface area contributed by atoms with Crippen LogP contribution >= 0.6 is 0 Å². The highest BCUT2D eigenvalue weighted by Crippen LogP contribution is 2.28. The molecule has 7 nitrogen and oxygen atoms in total. The van der Waals surface area contributed by atoms with Crippen LogP contribution in [-0.2, 0) is 6.42 Å². The highest BCUT2D eigenvalue weighted by atomic mass is 19.3. The number of nitrogens with zero attached hydrogens (tertiary/aromatic N) is 3. The van der Waals surface area contributed by atoms with Crippen molar-refractivity contribution in [2.24, 2.45) is 0 Å². The Hall–Kier alpha value is -4.01. The van der Waals surface area contributed by atoms with Gasteiger partial charge in [0, 0.05) is 12.1 Å². The number of halogens is 2. The molecule has 0 spiro atoms. The Morgan fingerprint density at radius 2 is 1.85 bits per heavy atom. The van der Waals surface area contributed by atoms with Gasteiger partial charge in [-0.25, -0.2) is 18.3 Å². The van der Waals surface area contributed by atoms with Crippen LogP contribution in [0.1, 0.15) is 28.0 Å². The Labute approximate surface area is 189 Å². The summed E-state index contributed by atoms with van der Waals surface area (Å²) < 4.78 is 39.0. The smallest absolute Gasteiger partial charge is 0.280 e. The second-order valence-corrected chi connectivity index (χ2v) is 7.21. The van der Waals surface area contributed by atoms with Crippen molar-refractivity contribution >= 4 is 11.6 Å². The fraction of sp³-hybridized carbons (Fsp3) is 0.208. The van der Waals surface area contributed by atoms with Crippen molar-refractivity contribution in [3.8, 4) is 22.8 Å². The molecule has 0 fully saturated rings. The average Bonchev–Trinajstić information content (AvgIpc) is 3.27. The number of hydrogen-bond acceptors (Lipinski definition) is 5. The number of hydrogen-bond donors (Lipinski definition) is 1. The summed E-state index contributed by atoms with van der Waals surface area (Å²) in [7, 11) is 3.13. The van der Waals surface area contributed by atoms with Gasteiger partial charge in [0.15, 0.2) is 5.65 Å². The molecule has 170 valence electrons. The van der Waals surface area contributed by atoms with E-state index < -0.39 is 12.3 Å². The van der Waals surface area contributed by atoms with Gasteiger partial charge in [-0.2, -0.15) is 5.10 Å². The second kappa shape index (κ2) is 9.64. The number of methoxy groups -OCH3 is 2. The van der Waals surface area contributed by atoms with Crippen LogP contribution in [0.5, 0.6) is 11.5 Å². The summed E-state index contributed by atoms with van der Waals surface area (Å²) in [5.41, 5.74) is 1.70. The van der Waals surface area contributed by atoms with Crippen molar-refractivity contribution in [3.05, 3.63) is 77.6 Å². The van der Waals surface area contributed by atoms with E-state index in [1.165, 1.54) is 12.3 Å². The largest absolute Gasteiger partial charge is 0.497 e. The van der Waals surface area contributed by atoms with Crippen LogP contribution in [0, 0.1) is 0 Å². The monoisotopic (exact) mass is 452 g/mol. The zero-order valence-corrected chi connectivity index (χ0v) is 18.1. The van der Waals surface area contributed by atoms with Crippen LogP contribution in [0.3, 0.4) is 0 Å². The maximum atomic E-state index is 13.8. The molecule has 0 atom stereocenters. The number of benzene rings is 2. The molecule has 9 heteroatoms. The van der Waals surface area contributed by atoms with E-state index in [1.54, 1.807) is 38.5 Å². The lowest BCUT2D eigenvalue weighted by Crippen LogP contribution is -2.26. The van der Waals surface area contributed by atoms with Gasteiger partial charge in [0.2, 0.25) is 0 Å². The van der Waals surface area contributed by atoms with Crippen LogP contribution in [0.15, 0.2) is 60.8 Å². The lowest BCUT2D eigenvalue weighted by molar-refractivity contribution is 0.0955. The summed E-state index contributed by atoms with van der Waals surface area (Å²) in [6.45, 7) is 0.330. The maximum Gasteiger partial charge on any atom is 0.280 e. The number of rotatable bonds is 8. The number of carbonyl (C=O) groups excluding carboxylic acids is 1. The van der Waals surface area contributed by atoms with Gasteiger partial charge in [-0.3, -0.25) is 4.79 Å². The first-order valence-electron chi connectivity index (χ1n) is 10.2. The van der Waals surface area contributed by atoms with Crippen LogP contribution < -0.4 is 14.8 Å². The molecule has 0 radical (unpaired) electrons. The second-order valence-electron chi connectivity index (χ2n) is 7.21. The van der Waals surface area contributed by atoms with Crippen molar-refractivity contribution in [3.63, 3.8) is 0 Å². The van der Waals surface area contributed by atoms with Crippen LogP contribution in [0.2, 0.25) is 0 Å². The standard InChI is InChI=1S/C24H22F2N4O3/c1-32-17-9-7-15(8-10-17)19-13-20(22(25)26)30-23(29-19)18(14-28-30)24(31)27-12-11-16-5-3-4-6-21(16)33-2/h3-10,13-14,22H,11-12H2,1-2H3,(H,27,31). The Morgan fingerprint density at radius 1 is 1.09 bits per heavy atom. The van der Waals surface area contributed by atoms with Crippen LogP contribution in [0.4, 0.5) is 8.78 Å². The third-order valence-electron chi connectivity index (χ3n) is 5.23. The Bertz CT molecular complexity index is 1270. The lowest BCUT2D eigenvalue weighted by atomic mass is 10.1. The van der Waals surface area contributed by atoms with E-state index in [4.69, 9.17) is 9.47 Å². The predicted octanol–water partition coefficient (Wildman–Crippen LogP) is 4.32. The topological polar surface area (TPSA) is 77.8 Å². The van der Waals surface area contributed by atoms with Gasteiger partial charge in [0.25, 0.3) is 12.3 Å². The fourth-order valence-corrected chi connectivity index (χ4v) is 3.53. The van der Waals surface area contributed by atoms with Crippen molar-refractivity contribution in [1.29, 1.82) is 0 Å². The third kappa shape index (κ3) is 4.62. The quantitative estimate of drug-likeness (QED) is 0.431. The van der Waals surface area contributed by atoms with E-state index in [-0.39, 0.29) is 16.9 Å². The van der Waals surface area contributed by atoms with Gasteiger partial charge in [-0.05, 0) is 48.4 Å². The predicted molar refractivity (Wildman–Crippen MR) is 119 cm³/mol. The first-order valence-corrected chi connectivity index (χ1v) is 10.2. The third-order valence-corrected chi connectivity index (χ3v) is 5.23. The zero-order valence-electron chi connectivity index (χ0n) is 18.1. The molecule has 0 saturated heterocycles. The minimum atomic E-state index is -2.80. The van der Waals surface area contributed by atoms with E-state index in [0.717, 1.165) is 15.8 Å². The molecule has 33 heavy (non-hydrogen) atoms. The van der Waals surface area contributed by atoms with Crippen molar-refractivity contribution in [1.82, 2.24) is 19.9 Å². The molecule has 1 N–H and O–H groups in total. The number of carbonyl (C=O) groups is 1. The molecule has 2 heterocycles. The van der Waals surface area contributed by atoms with E-state index in [9.17, 15) is 13.6 Å². The van der Waals surface area contributed by atoms with Crippen LogP contribution in [0.25, 0.3) is 16.9 Å². The fourth-order valence-electron chi connectivity index (χ4n) is 3.53. The minimum Gasteiger partial charge on any atom is -0.497 e. The number of fused-ring (bicyclic) bond motifs is 1. The van der Waals surface area contributed by atoms with Gasteiger partial charge in [0.1, 0.15) is 22.8 Å². The van der Waals surface area contributed by atoms with Crippen molar-refractivity contribution < 1.29 is 23.0 Å². The highest BCUT2D eigenvalue weighted by Gasteiger charge is 2.21. The maximum absolute atomic E-state index is 13.8. The molecule has 2 aromatic carbocycles. The van der Waals surface area contributed by atoms with Gasteiger partial charge >= 0.3 is 0 Å². The number of amides is 1. The minimum absolute atomic E-state index is 0.0633. The molecule has 4 rings (SSSR count). The van der Waals surface area contributed by atoms with Gasteiger partial charge in [-0.1, -0.05) is 18.2 Å². The lowest BCUT2D eigenvalue weighted by Gasteiger charge is -2.10. The van der Waals surface area contributed by atoms with Crippen molar-refractivity contribution in [2.75, 3.05) is 20.8 Å². The van der Waals surface area contributed by atoms with Gasteiger partial charge < -0.3 is 14.8 Å². The van der Waals surface area contributed by atoms with E-state index in [2.05, 4.69) is 15.4 Å². The molecule has 4 aromatic rings. The van der Waals surface area contributed by atoms with E-state index in [0.29, 0.717) is 30.0 Å². The van der Waals surface area contributed by atoms with Gasteiger partial charge in [0.05, 0.1) is 26.1 Å². The normalized spacial score (nSPS) is 11.1. The first kappa shape index (κ1) is 22.2. The molecule has 0 saturated carbocycles.